The first-order valence-corrected chi connectivity index (χ1v) is 8.56. The van der Waals surface area contributed by atoms with E-state index in [4.69, 9.17) is 5.73 Å². The predicted octanol–water partition coefficient (Wildman–Crippen LogP) is 5.42. The molecule has 0 aliphatic heterocycles. The number of hydrogen-bond donors (Lipinski definition) is 1. The standard InChI is InChI=1S/C17H35N/c1-16-14-12-10-8-6-4-2-3-5-7-9-11-13-15-17(16)18/h16-17H,2-15,18H2,1H3. The van der Waals surface area contributed by atoms with Gasteiger partial charge in [-0.2, -0.15) is 0 Å². The third-order valence-corrected chi connectivity index (χ3v) is 4.68. The van der Waals surface area contributed by atoms with Gasteiger partial charge in [0.1, 0.15) is 0 Å². The summed E-state index contributed by atoms with van der Waals surface area (Å²) in [7, 11) is 0. The molecule has 2 atom stereocenters. The summed E-state index contributed by atoms with van der Waals surface area (Å²) in [5.41, 5.74) is 6.28. The van der Waals surface area contributed by atoms with Crippen LogP contribution in [0.1, 0.15) is 96.8 Å². The Bertz CT molecular complexity index is 158. The Hall–Kier alpha value is -0.0400. The van der Waals surface area contributed by atoms with Crippen LogP contribution >= 0.6 is 0 Å². The van der Waals surface area contributed by atoms with E-state index < -0.39 is 0 Å². The minimum atomic E-state index is 0.456. The van der Waals surface area contributed by atoms with Crippen molar-refractivity contribution in [3.63, 3.8) is 0 Å². The van der Waals surface area contributed by atoms with Gasteiger partial charge in [0, 0.05) is 6.04 Å². The lowest BCUT2D eigenvalue weighted by Crippen LogP contribution is -2.28. The van der Waals surface area contributed by atoms with E-state index in [1.54, 1.807) is 0 Å². The molecule has 1 fully saturated rings. The van der Waals surface area contributed by atoms with E-state index in [0.717, 1.165) is 5.92 Å². The van der Waals surface area contributed by atoms with Gasteiger partial charge in [-0.3, -0.25) is 0 Å². The maximum absolute atomic E-state index is 6.28. The fourth-order valence-electron chi connectivity index (χ4n) is 3.11. The van der Waals surface area contributed by atoms with Crippen molar-refractivity contribution in [1.82, 2.24) is 0 Å². The molecular weight excluding hydrogens is 218 g/mol. The smallest absolute Gasteiger partial charge is 0.00645 e. The molecule has 1 aliphatic carbocycles. The van der Waals surface area contributed by atoms with E-state index in [-0.39, 0.29) is 0 Å². The molecule has 1 heteroatoms. The second kappa shape index (κ2) is 10.8. The van der Waals surface area contributed by atoms with Crippen LogP contribution in [0.25, 0.3) is 0 Å². The first kappa shape index (κ1) is 16.0. The summed E-state index contributed by atoms with van der Waals surface area (Å²) < 4.78 is 0. The number of hydrogen-bond acceptors (Lipinski definition) is 1. The molecule has 0 saturated heterocycles. The quantitative estimate of drug-likeness (QED) is 0.612. The van der Waals surface area contributed by atoms with Gasteiger partial charge < -0.3 is 5.73 Å². The average molecular weight is 253 g/mol. The van der Waals surface area contributed by atoms with Crippen LogP contribution < -0.4 is 5.73 Å². The summed E-state index contributed by atoms with van der Waals surface area (Å²) in [6.07, 6.45) is 19.8. The van der Waals surface area contributed by atoms with Crippen LogP contribution in [0.3, 0.4) is 0 Å². The largest absolute Gasteiger partial charge is 0.327 e. The van der Waals surface area contributed by atoms with Gasteiger partial charge >= 0.3 is 0 Å². The molecule has 0 amide bonds. The fraction of sp³-hybridized carbons (Fsp3) is 1.00. The van der Waals surface area contributed by atoms with Crippen molar-refractivity contribution in [3.8, 4) is 0 Å². The maximum atomic E-state index is 6.28. The first-order valence-electron chi connectivity index (χ1n) is 8.56. The van der Waals surface area contributed by atoms with Gasteiger partial charge in [-0.25, -0.2) is 0 Å². The highest BCUT2D eigenvalue weighted by atomic mass is 14.6. The van der Waals surface area contributed by atoms with Gasteiger partial charge in [0.2, 0.25) is 0 Å². The summed E-state index contributed by atoms with van der Waals surface area (Å²) in [4.78, 5) is 0. The molecule has 1 saturated carbocycles. The molecule has 1 rings (SSSR count). The van der Waals surface area contributed by atoms with E-state index in [1.807, 2.05) is 0 Å². The summed E-state index contributed by atoms with van der Waals surface area (Å²) >= 11 is 0. The maximum Gasteiger partial charge on any atom is 0.00645 e. The van der Waals surface area contributed by atoms with Gasteiger partial charge in [0.25, 0.3) is 0 Å². The van der Waals surface area contributed by atoms with Gasteiger partial charge in [-0.05, 0) is 18.8 Å². The minimum Gasteiger partial charge on any atom is -0.327 e. The Kier molecular flexibility index (Phi) is 9.65. The fourth-order valence-corrected chi connectivity index (χ4v) is 3.11. The van der Waals surface area contributed by atoms with Crippen molar-refractivity contribution in [2.45, 2.75) is 103 Å². The SMILES string of the molecule is CC1CCCCCCCCCCCCCCC1N. The van der Waals surface area contributed by atoms with E-state index in [1.165, 1.54) is 89.9 Å². The lowest BCUT2D eigenvalue weighted by Gasteiger charge is -2.20. The molecule has 108 valence electrons. The van der Waals surface area contributed by atoms with Gasteiger partial charge in [0.15, 0.2) is 0 Å². The summed E-state index contributed by atoms with van der Waals surface area (Å²) in [5, 5.41) is 0. The van der Waals surface area contributed by atoms with Gasteiger partial charge in [-0.15, -0.1) is 0 Å². The van der Waals surface area contributed by atoms with Crippen LogP contribution in [-0.2, 0) is 0 Å². The Morgan fingerprint density at radius 1 is 0.556 bits per heavy atom. The average Bonchev–Trinajstić information content (AvgIpc) is 2.37. The Balaban J connectivity index is 2.19. The number of nitrogens with two attached hydrogens (primary N) is 1. The van der Waals surface area contributed by atoms with Crippen LogP contribution in [0.15, 0.2) is 0 Å². The zero-order chi connectivity index (χ0) is 13.1. The van der Waals surface area contributed by atoms with E-state index in [9.17, 15) is 0 Å². The summed E-state index contributed by atoms with van der Waals surface area (Å²) in [6, 6.07) is 0.456. The van der Waals surface area contributed by atoms with E-state index in [0.29, 0.717) is 6.04 Å². The zero-order valence-corrected chi connectivity index (χ0v) is 12.6. The van der Waals surface area contributed by atoms with Crippen molar-refractivity contribution in [3.05, 3.63) is 0 Å². The molecule has 0 spiro atoms. The summed E-state index contributed by atoms with van der Waals surface area (Å²) in [6.45, 7) is 2.35. The molecule has 0 bridgehead atoms. The third-order valence-electron chi connectivity index (χ3n) is 4.68. The van der Waals surface area contributed by atoms with Crippen LogP contribution in [0.4, 0.5) is 0 Å². The Morgan fingerprint density at radius 3 is 1.33 bits per heavy atom. The van der Waals surface area contributed by atoms with Crippen LogP contribution in [0, 0.1) is 5.92 Å². The highest BCUT2D eigenvalue weighted by molar-refractivity contribution is 4.69. The van der Waals surface area contributed by atoms with Crippen molar-refractivity contribution in [2.24, 2.45) is 11.7 Å². The van der Waals surface area contributed by atoms with Crippen molar-refractivity contribution >= 4 is 0 Å². The molecule has 0 aromatic rings. The van der Waals surface area contributed by atoms with Gasteiger partial charge in [-0.1, -0.05) is 84.0 Å². The van der Waals surface area contributed by atoms with Crippen LogP contribution in [-0.4, -0.2) is 6.04 Å². The molecule has 2 N–H and O–H groups in total. The molecule has 0 heterocycles. The second-order valence-corrected chi connectivity index (χ2v) is 6.46. The normalized spacial score (nSPS) is 31.0. The second-order valence-electron chi connectivity index (χ2n) is 6.46. The van der Waals surface area contributed by atoms with Crippen molar-refractivity contribution in [2.75, 3.05) is 0 Å². The van der Waals surface area contributed by atoms with Crippen LogP contribution in [0.2, 0.25) is 0 Å². The monoisotopic (exact) mass is 253 g/mol. The lowest BCUT2D eigenvalue weighted by atomic mass is 9.91. The predicted molar refractivity (Wildman–Crippen MR) is 81.8 cm³/mol. The molecular formula is C17H35N. The van der Waals surface area contributed by atoms with Crippen LogP contribution in [0.5, 0.6) is 0 Å². The van der Waals surface area contributed by atoms with Crippen molar-refractivity contribution in [1.29, 1.82) is 0 Å². The third kappa shape index (κ3) is 8.13. The number of rotatable bonds is 0. The topological polar surface area (TPSA) is 26.0 Å². The molecule has 18 heavy (non-hydrogen) atoms. The zero-order valence-electron chi connectivity index (χ0n) is 12.6. The molecule has 0 aromatic heterocycles. The first-order chi connectivity index (χ1) is 8.80. The highest BCUT2D eigenvalue weighted by Gasteiger charge is 2.11. The van der Waals surface area contributed by atoms with Gasteiger partial charge in [0.05, 0.1) is 0 Å². The summed E-state index contributed by atoms with van der Waals surface area (Å²) in [5.74, 6) is 0.734. The molecule has 1 aliphatic rings. The minimum absolute atomic E-state index is 0.456. The molecule has 0 radical (unpaired) electrons. The Morgan fingerprint density at radius 2 is 0.889 bits per heavy atom. The molecule has 1 nitrogen and oxygen atoms in total. The highest BCUT2D eigenvalue weighted by Crippen LogP contribution is 2.19. The van der Waals surface area contributed by atoms with E-state index in [2.05, 4.69) is 6.92 Å². The Labute approximate surface area is 115 Å². The lowest BCUT2D eigenvalue weighted by molar-refractivity contribution is 0.374. The van der Waals surface area contributed by atoms with Crippen molar-refractivity contribution < 1.29 is 0 Å². The molecule has 2 unspecified atom stereocenters. The molecule has 0 aromatic carbocycles. The van der Waals surface area contributed by atoms with E-state index >= 15 is 0 Å².